The normalized spacial score (nSPS) is 11.2. The van der Waals surface area contributed by atoms with Crippen LogP contribution in [0.25, 0.3) is 17.0 Å². The number of nitrogens with zero attached hydrogens (tertiary/aromatic N) is 1. The van der Waals surface area contributed by atoms with Crippen LogP contribution in [0.4, 0.5) is 14.5 Å². The van der Waals surface area contributed by atoms with Crippen molar-refractivity contribution in [3.8, 4) is 0 Å². The molecule has 3 N–H and O–H groups in total. The predicted molar refractivity (Wildman–Crippen MR) is 92.9 cm³/mol. The van der Waals surface area contributed by atoms with Crippen LogP contribution in [0, 0.1) is 11.6 Å². The third-order valence-corrected chi connectivity index (χ3v) is 3.65. The van der Waals surface area contributed by atoms with Crippen molar-refractivity contribution in [2.24, 2.45) is 0 Å². The predicted octanol–water partition coefficient (Wildman–Crippen LogP) is 3.21. The number of aromatic amines is 1. The molecule has 0 spiro atoms. The standard InChI is InChI=1S/C18H16F2N4O/c1-21-18(25)5-4-17-15-9-14(2-3-16(15)23-24-17)22-10-11-6-12(19)8-13(20)7-11/h2-9,22H,10H2,1H3,(H,21,25)(H,23,24)/b5-4+. The summed E-state index contributed by atoms with van der Waals surface area (Å²) in [6.45, 7) is 0.279. The maximum absolute atomic E-state index is 13.2. The van der Waals surface area contributed by atoms with Crippen LogP contribution in [-0.4, -0.2) is 23.2 Å². The highest BCUT2D eigenvalue weighted by molar-refractivity contribution is 5.95. The monoisotopic (exact) mass is 342 g/mol. The van der Waals surface area contributed by atoms with Gasteiger partial charge in [0.2, 0.25) is 5.91 Å². The number of amides is 1. The zero-order valence-corrected chi connectivity index (χ0v) is 13.4. The van der Waals surface area contributed by atoms with E-state index in [1.54, 1.807) is 13.1 Å². The van der Waals surface area contributed by atoms with Crippen molar-refractivity contribution >= 4 is 28.6 Å². The fraction of sp³-hybridized carbons (Fsp3) is 0.111. The minimum absolute atomic E-state index is 0.224. The number of nitrogens with one attached hydrogen (secondary N) is 3. The van der Waals surface area contributed by atoms with Gasteiger partial charge in [0.15, 0.2) is 0 Å². The van der Waals surface area contributed by atoms with Crippen molar-refractivity contribution in [1.82, 2.24) is 15.5 Å². The number of aromatic nitrogens is 2. The summed E-state index contributed by atoms with van der Waals surface area (Å²) in [6, 6.07) is 8.94. The van der Waals surface area contributed by atoms with Crippen LogP contribution in [-0.2, 0) is 11.3 Å². The second kappa shape index (κ2) is 7.12. The second-order valence-corrected chi connectivity index (χ2v) is 5.45. The third kappa shape index (κ3) is 4.00. The molecule has 0 radical (unpaired) electrons. The molecule has 0 fully saturated rings. The molecule has 0 unspecified atom stereocenters. The molecule has 1 amide bonds. The second-order valence-electron chi connectivity index (χ2n) is 5.45. The quantitative estimate of drug-likeness (QED) is 0.624. The molecule has 2 aromatic carbocycles. The van der Waals surface area contributed by atoms with Gasteiger partial charge in [-0.2, -0.15) is 5.10 Å². The highest BCUT2D eigenvalue weighted by atomic mass is 19.1. The van der Waals surface area contributed by atoms with Crippen LogP contribution in [0.5, 0.6) is 0 Å². The van der Waals surface area contributed by atoms with Gasteiger partial charge in [0.25, 0.3) is 0 Å². The van der Waals surface area contributed by atoms with E-state index in [4.69, 9.17) is 0 Å². The van der Waals surface area contributed by atoms with E-state index in [1.807, 2.05) is 18.2 Å². The molecule has 5 nitrogen and oxygen atoms in total. The summed E-state index contributed by atoms with van der Waals surface area (Å²) in [7, 11) is 1.55. The number of hydrogen-bond acceptors (Lipinski definition) is 3. The lowest BCUT2D eigenvalue weighted by Gasteiger charge is -2.07. The number of carbonyl (C=O) groups is 1. The molecule has 0 aliphatic rings. The minimum Gasteiger partial charge on any atom is -0.381 e. The van der Waals surface area contributed by atoms with Gasteiger partial charge in [-0.3, -0.25) is 9.89 Å². The van der Waals surface area contributed by atoms with Gasteiger partial charge >= 0.3 is 0 Å². The summed E-state index contributed by atoms with van der Waals surface area (Å²) >= 11 is 0. The molecular formula is C18H16F2N4O. The van der Waals surface area contributed by atoms with E-state index in [-0.39, 0.29) is 12.5 Å². The van der Waals surface area contributed by atoms with Gasteiger partial charge in [-0.15, -0.1) is 0 Å². The van der Waals surface area contributed by atoms with Crippen molar-refractivity contribution in [1.29, 1.82) is 0 Å². The molecule has 1 heterocycles. The van der Waals surface area contributed by atoms with Crippen molar-refractivity contribution in [2.75, 3.05) is 12.4 Å². The Hall–Kier alpha value is -3.22. The molecule has 0 aliphatic heterocycles. The number of hydrogen-bond donors (Lipinski definition) is 3. The maximum atomic E-state index is 13.2. The molecule has 25 heavy (non-hydrogen) atoms. The Morgan fingerprint density at radius 2 is 1.96 bits per heavy atom. The number of benzene rings is 2. The van der Waals surface area contributed by atoms with E-state index >= 15 is 0 Å². The number of carbonyl (C=O) groups excluding carboxylic acids is 1. The lowest BCUT2D eigenvalue weighted by atomic mass is 10.1. The van der Waals surface area contributed by atoms with Crippen molar-refractivity contribution in [2.45, 2.75) is 6.54 Å². The van der Waals surface area contributed by atoms with E-state index in [1.165, 1.54) is 18.2 Å². The van der Waals surface area contributed by atoms with Crippen LogP contribution < -0.4 is 10.6 Å². The minimum atomic E-state index is -0.608. The van der Waals surface area contributed by atoms with E-state index in [9.17, 15) is 13.6 Å². The Labute approximate surface area is 142 Å². The topological polar surface area (TPSA) is 69.8 Å². The number of H-pyrrole nitrogens is 1. The van der Waals surface area contributed by atoms with Gasteiger partial charge in [-0.05, 0) is 42.0 Å². The molecule has 0 atom stereocenters. The highest BCUT2D eigenvalue weighted by Gasteiger charge is 2.06. The van der Waals surface area contributed by atoms with Crippen molar-refractivity contribution in [3.63, 3.8) is 0 Å². The largest absolute Gasteiger partial charge is 0.381 e. The van der Waals surface area contributed by atoms with Crippen LogP contribution in [0.1, 0.15) is 11.3 Å². The average molecular weight is 342 g/mol. The molecule has 0 saturated heterocycles. The van der Waals surface area contributed by atoms with E-state index in [2.05, 4.69) is 20.8 Å². The van der Waals surface area contributed by atoms with Gasteiger partial charge in [0.05, 0.1) is 11.2 Å². The van der Waals surface area contributed by atoms with Gasteiger partial charge in [0.1, 0.15) is 11.6 Å². The van der Waals surface area contributed by atoms with Crippen LogP contribution in [0.3, 0.4) is 0 Å². The molecule has 1 aromatic heterocycles. The summed E-state index contributed by atoms with van der Waals surface area (Å²) in [5.74, 6) is -1.44. The number of rotatable bonds is 5. The first-order valence-electron chi connectivity index (χ1n) is 7.62. The zero-order chi connectivity index (χ0) is 17.8. The van der Waals surface area contributed by atoms with E-state index in [0.29, 0.717) is 11.3 Å². The molecule has 0 saturated carbocycles. The maximum Gasteiger partial charge on any atom is 0.243 e. The molecule has 3 aromatic rings. The fourth-order valence-electron chi connectivity index (χ4n) is 2.43. The first kappa shape index (κ1) is 16.6. The van der Waals surface area contributed by atoms with Gasteiger partial charge < -0.3 is 10.6 Å². The van der Waals surface area contributed by atoms with Gasteiger partial charge in [-0.1, -0.05) is 0 Å². The molecule has 0 bridgehead atoms. The zero-order valence-electron chi connectivity index (χ0n) is 13.4. The number of halogens is 2. The molecular weight excluding hydrogens is 326 g/mol. The number of fused-ring (bicyclic) bond motifs is 1. The molecule has 3 rings (SSSR count). The molecule has 7 heteroatoms. The van der Waals surface area contributed by atoms with E-state index in [0.717, 1.165) is 22.7 Å². The van der Waals surface area contributed by atoms with E-state index < -0.39 is 11.6 Å². The Morgan fingerprint density at radius 3 is 2.68 bits per heavy atom. The summed E-state index contributed by atoms with van der Waals surface area (Å²) in [4.78, 5) is 11.3. The Kier molecular flexibility index (Phi) is 4.74. The van der Waals surface area contributed by atoms with Crippen molar-refractivity contribution < 1.29 is 13.6 Å². The van der Waals surface area contributed by atoms with Crippen LogP contribution >= 0.6 is 0 Å². The Balaban J connectivity index is 1.80. The fourth-order valence-corrected chi connectivity index (χ4v) is 2.43. The Bertz CT molecular complexity index is 929. The first-order valence-corrected chi connectivity index (χ1v) is 7.62. The average Bonchev–Trinajstić information content (AvgIpc) is 2.99. The summed E-state index contributed by atoms with van der Waals surface area (Å²) in [5.41, 5.74) is 2.72. The highest BCUT2D eigenvalue weighted by Crippen LogP contribution is 2.22. The Morgan fingerprint density at radius 1 is 1.20 bits per heavy atom. The SMILES string of the molecule is CNC(=O)/C=C/c1n[nH]c2ccc(NCc3cc(F)cc(F)c3)cc12. The number of anilines is 1. The molecule has 0 aliphatic carbocycles. The van der Waals surface area contributed by atoms with Crippen molar-refractivity contribution in [3.05, 3.63) is 65.4 Å². The number of likely N-dealkylation sites (N-methyl/N-ethyl adjacent to an activating group) is 1. The summed E-state index contributed by atoms with van der Waals surface area (Å²) in [5, 5.41) is 13.5. The third-order valence-electron chi connectivity index (χ3n) is 3.65. The van der Waals surface area contributed by atoms with Crippen LogP contribution in [0.2, 0.25) is 0 Å². The first-order chi connectivity index (χ1) is 12.0. The molecule has 128 valence electrons. The van der Waals surface area contributed by atoms with Gasteiger partial charge in [0, 0.05) is 36.8 Å². The summed E-state index contributed by atoms with van der Waals surface area (Å²) in [6.07, 6.45) is 3.01. The summed E-state index contributed by atoms with van der Waals surface area (Å²) < 4.78 is 26.5. The smallest absolute Gasteiger partial charge is 0.243 e. The van der Waals surface area contributed by atoms with Gasteiger partial charge in [-0.25, -0.2) is 8.78 Å². The van der Waals surface area contributed by atoms with Crippen LogP contribution in [0.15, 0.2) is 42.5 Å². The lowest BCUT2D eigenvalue weighted by Crippen LogP contribution is -2.13. The lowest BCUT2D eigenvalue weighted by molar-refractivity contribution is -0.115.